The van der Waals surface area contributed by atoms with Gasteiger partial charge in [-0.15, -0.1) is 0 Å². The van der Waals surface area contributed by atoms with Crippen molar-refractivity contribution in [2.24, 2.45) is 0 Å². The number of ether oxygens (including phenoxy) is 2. The summed E-state index contributed by atoms with van der Waals surface area (Å²) in [5, 5.41) is 10.6. The molecule has 0 aliphatic rings. The van der Waals surface area contributed by atoms with Gasteiger partial charge in [0, 0.05) is 14.5 Å². The summed E-state index contributed by atoms with van der Waals surface area (Å²) in [6.07, 6.45) is 0. The average Bonchev–Trinajstić information content (AvgIpc) is 2.56. The monoisotopic (exact) mass is 454 g/mol. The van der Waals surface area contributed by atoms with Crippen LogP contribution in [0.4, 0.5) is 0 Å². The number of rotatable bonds is 3. The van der Waals surface area contributed by atoms with Crippen LogP contribution in [-0.4, -0.2) is 19.3 Å². The van der Waals surface area contributed by atoms with E-state index < -0.39 is 11.2 Å². The van der Waals surface area contributed by atoms with Gasteiger partial charge in [0.2, 0.25) is 11.2 Å². The summed E-state index contributed by atoms with van der Waals surface area (Å²) in [6, 6.07) is 8.38. The number of benzene rings is 2. The van der Waals surface area contributed by atoms with Crippen LogP contribution >= 0.6 is 31.9 Å². The summed E-state index contributed by atoms with van der Waals surface area (Å²) in [5.74, 6) is 0.609. The second kappa shape index (κ2) is 6.49. The molecule has 3 rings (SSSR count). The highest BCUT2D eigenvalue weighted by molar-refractivity contribution is 9.11. The lowest BCUT2D eigenvalue weighted by Crippen LogP contribution is -2.03. The first-order chi connectivity index (χ1) is 11.5. The summed E-state index contributed by atoms with van der Waals surface area (Å²) in [6.45, 7) is 0. The normalized spacial score (nSPS) is 10.8. The van der Waals surface area contributed by atoms with Crippen molar-refractivity contribution in [2.75, 3.05) is 14.2 Å². The van der Waals surface area contributed by atoms with Crippen molar-refractivity contribution in [2.45, 2.75) is 0 Å². The minimum atomic E-state index is -0.514. The molecule has 0 atom stereocenters. The van der Waals surface area contributed by atoms with Gasteiger partial charge in [-0.3, -0.25) is 4.79 Å². The van der Waals surface area contributed by atoms with Crippen molar-refractivity contribution < 1.29 is 19.0 Å². The molecule has 5 nitrogen and oxygen atoms in total. The van der Waals surface area contributed by atoms with Crippen LogP contribution in [0.5, 0.6) is 17.2 Å². The van der Waals surface area contributed by atoms with Gasteiger partial charge in [0.25, 0.3) is 0 Å². The molecule has 0 bridgehead atoms. The smallest absolute Gasteiger partial charge is 0.236 e. The zero-order valence-electron chi connectivity index (χ0n) is 12.7. The third kappa shape index (κ3) is 2.78. The lowest BCUT2D eigenvalue weighted by atomic mass is 10.1. The van der Waals surface area contributed by atoms with E-state index in [2.05, 4.69) is 31.9 Å². The predicted molar refractivity (Wildman–Crippen MR) is 98.1 cm³/mol. The van der Waals surface area contributed by atoms with Gasteiger partial charge < -0.3 is 19.0 Å². The molecule has 0 amide bonds. The standard InChI is InChI=1S/C17H12Br2O5/c1-22-11-4-3-8(5-12(11)23-2)17-16(21)15(20)14-10(19)6-9(18)7-13(14)24-17/h3-7,21H,1-2H3. The van der Waals surface area contributed by atoms with Crippen LogP contribution in [0.2, 0.25) is 0 Å². The molecule has 7 heteroatoms. The van der Waals surface area contributed by atoms with E-state index in [0.29, 0.717) is 27.1 Å². The van der Waals surface area contributed by atoms with Crippen LogP contribution in [0, 0.1) is 0 Å². The van der Waals surface area contributed by atoms with Crippen LogP contribution in [-0.2, 0) is 0 Å². The molecule has 0 fully saturated rings. The van der Waals surface area contributed by atoms with Crippen LogP contribution < -0.4 is 14.9 Å². The molecule has 1 aromatic heterocycles. The summed E-state index contributed by atoms with van der Waals surface area (Å²) >= 11 is 6.68. The molecule has 0 unspecified atom stereocenters. The summed E-state index contributed by atoms with van der Waals surface area (Å²) in [5.41, 5.74) is 0.337. The Morgan fingerprint density at radius 1 is 1.04 bits per heavy atom. The van der Waals surface area contributed by atoms with Crippen molar-refractivity contribution in [1.29, 1.82) is 0 Å². The Labute approximate surface area is 154 Å². The van der Waals surface area contributed by atoms with Gasteiger partial charge in [-0.05, 0) is 46.3 Å². The Morgan fingerprint density at radius 2 is 1.75 bits per heavy atom. The number of aromatic hydroxyl groups is 1. The highest BCUT2D eigenvalue weighted by Gasteiger charge is 2.19. The summed E-state index contributed by atoms with van der Waals surface area (Å²) in [7, 11) is 3.03. The zero-order chi connectivity index (χ0) is 17.4. The molecule has 0 aliphatic heterocycles. The number of hydrogen-bond acceptors (Lipinski definition) is 5. The Hall–Kier alpha value is -1.99. The highest BCUT2D eigenvalue weighted by atomic mass is 79.9. The molecular formula is C17H12Br2O5. The summed E-state index contributed by atoms with van der Waals surface area (Å²) < 4.78 is 17.5. The Balaban J connectivity index is 2.31. The van der Waals surface area contributed by atoms with Crippen LogP contribution in [0.3, 0.4) is 0 Å². The Bertz CT molecular complexity index is 994. The second-order valence-corrected chi connectivity index (χ2v) is 6.71. The lowest BCUT2D eigenvalue weighted by molar-refractivity contribution is 0.355. The summed E-state index contributed by atoms with van der Waals surface area (Å²) in [4.78, 5) is 12.5. The minimum absolute atomic E-state index is 0.0680. The molecule has 3 aromatic rings. The predicted octanol–water partition coefficient (Wildman–Crippen LogP) is 4.71. The second-order valence-electron chi connectivity index (χ2n) is 4.94. The highest BCUT2D eigenvalue weighted by Crippen LogP contribution is 2.37. The van der Waals surface area contributed by atoms with E-state index in [1.165, 1.54) is 14.2 Å². The maximum atomic E-state index is 12.5. The largest absolute Gasteiger partial charge is 0.502 e. The fourth-order valence-corrected chi connectivity index (χ4v) is 3.77. The Morgan fingerprint density at radius 3 is 2.42 bits per heavy atom. The molecule has 1 N–H and O–H groups in total. The van der Waals surface area contributed by atoms with E-state index in [1.807, 2.05) is 0 Å². The SMILES string of the molecule is COc1ccc(-c2oc3cc(Br)cc(Br)c3c(=O)c2O)cc1OC. The van der Waals surface area contributed by atoms with E-state index in [-0.39, 0.29) is 11.1 Å². The first-order valence-electron chi connectivity index (χ1n) is 6.83. The van der Waals surface area contributed by atoms with Gasteiger partial charge >= 0.3 is 0 Å². The van der Waals surface area contributed by atoms with E-state index >= 15 is 0 Å². The van der Waals surface area contributed by atoms with E-state index in [9.17, 15) is 9.90 Å². The lowest BCUT2D eigenvalue weighted by Gasteiger charge is -2.11. The Kier molecular flexibility index (Phi) is 4.56. The number of methoxy groups -OCH3 is 2. The minimum Gasteiger partial charge on any atom is -0.502 e. The van der Waals surface area contributed by atoms with Gasteiger partial charge in [-0.25, -0.2) is 0 Å². The first-order valence-corrected chi connectivity index (χ1v) is 8.42. The number of halogens is 2. The van der Waals surface area contributed by atoms with Crippen molar-refractivity contribution in [3.8, 4) is 28.6 Å². The molecule has 0 radical (unpaired) electrons. The van der Waals surface area contributed by atoms with Gasteiger partial charge in [-0.1, -0.05) is 15.9 Å². The van der Waals surface area contributed by atoms with Gasteiger partial charge in [-0.2, -0.15) is 0 Å². The van der Waals surface area contributed by atoms with Crippen molar-refractivity contribution >= 4 is 42.8 Å². The molecule has 2 aromatic carbocycles. The average molecular weight is 456 g/mol. The number of fused-ring (bicyclic) bond motifs is 1. The topological polar surface area (TPSA) is 68.9 Å². The molecule has 24 heavy (non-hydrogen) atoms. The zero-order valence-corrected chi connectivity index (χ0v) is 15.9. The molecule has 0 saturated carbocycles. The van der Waals surface area contributed by atoms with Crippen molar-refractivity contribution in [1.82, 2.24) is 0 Å². The molecule has 0 aliphatic carbocycles. The third-order valence-corrected chi connectivity index (χ3v) is 4.62. The van der Waals surface area contributed by atoms with Crippen LogP contribution in [0.1, 0.15) is 0 Å². The van der Waals surface area contributed by atoms with Gasteiger partial charge in [0.05, 0.1) is 19.6 Å². The van der Waals surface area contributed by atoms with Gasteiger partial charge in [0.15, 0.2) is 17.3 Å². The molecule has 0 spiro atoms. The van der Waals surface area contributed by atoms with Gasteiger partial charge in [0.1, 0.15) is 5.58 Å². The molecule has 124 valence electrons. The van der Waals surface area contributed by atoms with E-state index in [0.717, 1.165) is 4.47 Å². The third-order valence-electron chi connectivity index (χ3n) is 3.53. The van der Waals surface area contributed by atoms with E-state index in [4.69, 9.17) is 13.9 Å². The first kappa shape index (κ1) is 16.9. The molecular weight excluding hydrogens is 444 g/mol. The maximum Gasteiger partial charge on any atom is 0.236 e. The van der Waals surface area contributed by atoms with Crippen LogP contribution in [0.15, 0.2) is 48.5 Å². The fraction of sp³-hybridized carbons (Fsp3) is 0.118. The maximum absolute atomic E-state index is 12.5. The van der Waals surface area contributed by atoms with E-state index in [1.54, 1.807) is 30.3 Å². The quantitative estimate of drug-likeness (QED) is 0.619. The number of hydrogen-bond donors (Lipinski definition) is 1. The fourth-order valence-electron chi connectivity index (χ4n) is 2.40. The van der Waals surface area contributed by atoms with Crippen molar-refractivity contribution in [3.05, 3.63) is 49.5 Å². The van der Waals surface area contributed by atoms with Crippen molar-refractivity contribution in [3.63, 3.8) is 0 Å². The van der Waals surface area contributed by atoms with Crippen LogP contribution in [0.25, 0.3) is 22.3 Å². The molecule has 1 heterocycles. The molecule has 0 saturated heterocycles.